The van der Waals surface area contributed by atoms with Gasteiger partial charge in [-0.05, 0) is 36.5 Å². The number of hydrogen-bond acceptors (Lipinski definition) is 5. The molecule has 8 nitrogen and oxygen atoms in total. The minimum absolute atomic E-state index is 0.00330. The summed E-state index contributed by atoms with van der Waals surface area (Å²) >= 11 is 0. The number of rotatable bonds is 5. The van der Waals surface area contributed by atoms with E-state index in [1.807, 2.05) is 13.8 Å². The van der Waals surface area contributed by atoms with Crippen molar-refractivity contribution in [3.63, 3.8) is 0 Å². The Balaban J connectivity index is 1.94. The fourth-order valence-corrected chi connectivity index (χ4v) is 5.34. The van der Waals surface area contributed by atoms with Crippen molar-refractivity contribution in [2.24, 2.45) is 11.8 Å². The van der Waals surface area contributed by atoms with E-state index in [-0.39, 0.29) is 28.0 Å². The van der Waals surface area contributed by atoms with Crippen molar-refractivity contribution in [2.45, 2.75) is 25.2 Å². The Kier molecular flexibility index (Phi) is 5.52. The molecule has 0 saturated carbocycles. The highest BCUT2D eigenvalue weighted by Gasteiger charge is 2.34. The van der Waals surface area contributed by atoms with Crippen molar-refractivity contribution in [1.82, 2.24) is 14.5 Å². The molecule has 1 aliphatic heterocycles. The highest BCUT2D eigenvalue weighted by atomic mass is 32.2. The SMILES string of the molecule is COc1ccc(C(=O)Nc2ccn[nH]2)cc1S(=O)(=O)N1CC(C)CC(C)C1. The van der Waals surface area contributed by atoms with Crippen LogP contribution in [0.25, 0.3) is 0 Å². The van der Waals surface area contributed by atoms with E-state index in [1.54, 1.807) is 6.07 Å². The maximum Gasteiger partial charge on any atom is 0.256 e. The molecule has 3 rings (SSSR count). The number of H-pyrrole nitrogens is 1. The summed E-state index contributed by atoms with van der Waals surface area (Å²) in [5, 5.41) is 9.04. The molecule has 0 aliphatic carbocycles. The van der Waals surface area contributed by atoms with Crippen molar-refractivity contribution in [1.29, 1.82) is 0 Å². The number of amides is 1. The Bertz CT molecular complexity index is 901. The summed E-state index contributed by atoms with van der Waals surface area (Å²) in [5.74, 6) is 0.777. The highest BCUT2D eigenvalue weighted by molar-refractivity contribution is 7.89. The third-order valence-corrected chi connectivity index (χ3v) is 6.48. The summed E-state index contributed by atoms with van der Waals surface area (Å²) in [6.45, 7) is 5.01. The zero-order chi connectivity index (χ0) is 19.6. The number of carbonyl (C=O) groups excluding carboxylic acids is 1. The maximum atomic E-state index is 13.2. The van der Waals surface area contributed by atoms with Crippen LogP contribution in [0.1, 0.15) is 30.6 Å². The lowest BCUT2D eigenvalue weighted by Gasteiger charge is -2.34. The first-order chi connectivity index (χ1) is 12.8. The third-order valence-electron chi connectivity index (χ3n) is 4.63. The number of anilines is 1. The Hall–Kier alpha value is -2.39. The second kappa shape index (κ2) is 7.69. The van der Waals surface area contributed by atoms with Gasteiger partial charge in [-0.2, -0.15) is 9.40 Å². The lowest BCUT2D eigenvalue weighted by Crippen LogP contribution is -2.42. The molecular weight excluding hydrogens is 368 g/mol. The van der Waals surface area contributed by atoms with Gasteiger partial charge in [-0.25, -0.2) is 8.42 Å². The Labute approximate surface area is 159 Å². The number of ether oxygens (including phenoxy) is 1. The molecule has 0 bridgehead atoms. The van der Waals surface area contributed by atoms with E-state index < -0.39 is 15.9 Å². The van der Waals surface area contributed by atoms with Gasteiger partial charge in [-0.15, -0.1) is 0 Å². The molecule has 0 spiro atoms. The Morgan fingerprint density at radius 1 is 1.26 bits per heavy atom. The molecule has 2 N–H and O–H groups in total. The molecule has 1 saturated heterocycles. The molecule has 1 amide bonds. The molecule has 2 unspecified atom stereocenters. The van der Waals surface area contributed by atoms with Crippen LogP contribution in [0.4, 0.5) is 5.82 Å². The van der Waals surface area contributed by atoms with E-state index >= 15 is 0 Å². The molecule has 27 heavy (non-hydrogen) atoms. The minimum Gasteiger partial charge on any atom is -0.495 e. The third kappa shape index (κ3) is 4.14. The quantitative estimate of drug-likeness (QED) is 0.813. The fraction of sp³-hybridized carbons (Fsp3) is 0.444. The number of sulfonamides is 1. The predicted molar refractivity (Wildman–Crippen MR) is 101 cm³/mol. The summed E-state index contributed by atoms with van der Waals surface area (Å²) in [4.78, 5) is 12.5. The molecule has 146 valence electrons. The van der Waals surface area contributed by atoms with Gasteiger partial charge in [0, 0.05) is 24.7 Å². The molecule has 2 aromatic rings. The van der Waals surface area contributed by atoms with E-state index in [0.717, 1.165) is 6.42 Å². The van der Waals surface area contributed by atoms with Gasteiger partial charge in [0.1, 0.15) is 16.5 Å². The highest BCUT2D eigenvalue weighted by Crippen LogP contribution is 2.32. The standard InChI is InChI=1S/C18H24N4O4S/c1-12-8-13(2)11-22(10-12)27(24,25)16-9-14(4-5-15(16)26-3)18(23)20-17-6-7-19-21-17/h4-7,9,12-13H,8,10-11H2,1-3H3,(H2,19,20,21,23). The summed E-state index contributed by atoms with van der Waals surface area (Å²) in [6.07, 6.45) is 2.51. The largest absolute Gasteiger partial charge is 0.495 e. The molecule has 9 heteroatoms. The van der Waals surface area contributed by atoms with Crippen molar-refractivity contribution in [3.8, 4) is 5.75 Å². The number of nitrogens with zero attached hydrogens (tertiary/aromatic N) is 2. The van der Waals surface area contributed by atoms with E-state index in [4.69, 9.17) is 4.74 Å². The number of hydrogen-bond donors (Lipinski definition) is 2. The van der Waals surface area contributed by atoms with Gasteiger partial charge in [-0.1, -0.05) is 13.8 Å². The number of benzene rings is 1. The molecule has 1 fully saturated rings. The number of piperidine rings is 1. The first kappa shape index (κ1) is 19.4. The van der Waals surface area contributed by atoms with Gasteiger partial charge in [0.05, 0.1) is 13.3 Å². The zero-order valence-corrected chi connectivity index (χ0v) is 16.4. The average molecular weight is 392 g/mol. The first-order valence-electron chi connectivity index (χ1n) is 8.80. The van der Waals surface area contributed by atoms with Crippen LogP contribution < -0.4 is 10.1 Å². The van der Waals surface area contributed by atoms with Crippen LogP contribution in [0.2, 0.25) is 0 Å². The number of carbonyl (C=O) groups is 1. The van der Waals surface area contributed by atoms with Crippen LogP contribution in [0.3, 0.4) is 0 Å². The molecule has 2 heterocycles. The van der Waals surface area contributed by atoms with Crippen molar-refractivity contribution in [2.75, 3.05) is 25.5 Å². The minimum atomic E-state index is -3.78. The molecule has 0 radical (unpaired) electrons. The number of aromatic amines is 1. The normalized spacial score (nSPS) is 21.0. The van der Waals surface area contributed by atoms with Gasteiger partial charge in [0.15, 0.2) is 0 Å². The van der Waals surface area contributed by atoms with Gasteiger partial charge >= 0.3 is 0 Å². The summed E-state index contributed by atoms with van der Waals surface area (Å²) < 4.78 is 33.2. The molecule has 1 aromatic heterocycles. The number of nitrogens with one attached hydrogen (secondary N) is 2. The first-order valence-corrected chi connectivity index (χ1v) is 10.2. The topological polar surface area (TPSA) is 104 Å². The van der Waals surface area contributed by atoms with Crippen molar-refractivity contribution < 1.29 is 17.9 Å². The molecular formula is C18H24N4O4S. The van der Waals surface area contributed by atoms with E-state index in [9.17, 15) is 13.2 Å². The number of aromatic nitrogens is 2. The summed E-state index contributed by atoms with van der Waals surface area (Å²) in [5.41, 5.74) is 0.224. The van der Waals surface area contributed by atoms with E-state index in [1.165, 1.54) is 35.8 Å². The van der Waals surface area contributed by atoms with Crippen LogP contribution in [-0.2, 0) is 10.0 Å². The van der Waals surface area contributed by atoms with Gasteiger partial charge in [0.2, 0.25) is 10.0 Å². The van der Waals surface area contributed by atoms with Crippen molar-refractivity contribution in [3.05, 3.63) is 36.0 Å². The van der Waals surface area contributed by atoms with Crippen molar-refractivity contribution >= 4 is 21.7 Å². The van der Waals surface area contributed by atoms with Gasteiger partial charge in [0.25, 0.3) is 5.91 Å². The lowest BCUT2D eigenvalue weighted by molar-refractivity contribution is 0.102. The van der Waals surface area contributed by atoms with Crippen LogP contribution in [0.5, 0.6) is 5.75 Å². The van der Waals surface area contributed by atoms with E-state index in [2.05, 4.69) is 15.5 Å². The van der Waals surface area contributed by atoms with Gasteiger partial charge in [-0.3, -0.25) is 9.89 Å². The second-order valence-corrected chi connectivity index (χ2v) is 8.96. The van der Waals surface area contributed by atoms with Crippen LogP contribution >= 0.6 is 0 Å². The Morgan fingerprint density at radius 3 is 2.56 bits per heavy atom. The maximum absolute atomic E-state index is 13.2. The lowest BCUT2D eigenvalue weighted by atomic mass is 9.94. The Morgan fingerprint density at radius 2 is 1.96 bits per heavy atom. The fourth-order valence-electron chi connectivity index (χ4n) is 3.48. The zero-order valence-electron chi connectivity index (χ0n) is 15.6. The van der Waals surface area contributed by atoms with E-state index in [0.29, 0.717) is 18.9 Å². The smallest absolute Gasteiger partial charge is 0.256 e. The molecule has 1 aliphatic rings. The predicted octanol–water partition coefficient (Wildman–Crippen LogP) is 2.34. The number of methoxy groups -OCH3 is 1. The second-order valence-electron chi connectivity index (χ2n) is 7.06. The van der Waals surface area contributed by atoms with Crippen LogP contribution in [0, 0.1) is 11.8 Å². The molecule has 1 aromatic carbocycles. The van der Waals surface area contributed by atoms with Crippen LogP contribution in [0.15, 0.2) is 35.4 Å². The average Bonchev–Trinajstić information content (AvgIpc) is 3.13. The monoisotopic (exact) mass is 392 g/mol. The van der Waals surface area contributed by atoms with Gasteiger partial charge < -0.3 is 10.1 Å². The van der Waals surface area contributed by atoms with Crippen LogP contribution in [-0.4, -0.2) is 49.0 Å². The summed E-state index contributed by atoms with van der Waals surface area (Å²) in [6, 6.07) is 6.01. The molecule has 2 atom stereocenters. The summed E-state index contributed by atoms with van der Waals surface area (Å²) in [7, 11) is -2.36.